The summed E-state index contributed by atoms with van der Waals surface area (Å²) in [4.78, 5) is 4.14. The summed E-state index contributed by atoms with van der Waals surface area (Å²) >= 11 is 0. The van der Waals surface area contributed by atoms with Gasteiger partial charge in [-0.05, 0) is 13.0 Å². The van der Waals surface area contributed by atoms with Crippen LogP contribution >= 0.6 is 0 Å². The monoisotopic (exact) mass is 394 g/mol. The van der Waals surface area contributed by atoms with Crippen LogP contribution in [0.5, 0.6) is 0 Å². The Morgan fingerprint density at radius 3 is 2.67 bits per heavy atom. The van der Waals surface area contributed by atoms with E-state index in [1.54, 1.807) is 7.05 Å². The van der Waals surface area contributed by atoms with Crippen LogP contribution in [0.15, 0.2) is 33.7 Å². The van der Waals surface area contributed by atoms with E-state index in [0.717, 1.165) is 22.3 Å². The molecule has 1 aromatic carbocycles. The third-order valence-corrected chi connectivity index (χ3v) is 6.47. The second-order valence-corrected chi connectivity index (χ2v) is 8.41. The number of sulfonamides is 1. The lowest BCUT2D eigenvalue weighted by Crippen LogP contribution is -2.45. The number of ether oxygens (including phenoxy) is 1. The van der Waals surface area contributed by atoms with Crippen LogP contribution in [0.25, 0.3) is 11.0 Å². The van der Waals surface area contributed by atoms with Gasteiger partial charge >= 0.3 is 0 Å². The lowest BCUT2D eigenvalue weighted by Gasteiger charge is -2.26. The van der Waals surface area contributed by atoms with E-state index in [9.17, 15) is 8.42 Å². The second kappa shape index (κ2) is 8.73. The van der Waals surface area contributed by atoms with Gasteiger partial charge in [-0.3, -0.25) is 4.99 Å². The van der Waals surface area contributed by atoms with Crippen molar-refractivity contribution >= 4 is 27.0 Å². The fourth-order valence-corrected chi connectivity index (χ4v) is 4.35. The molecule has 148 valence electrons. The van der Waals surface area contributed by atoms with E-state index in [4.69, 9.17) is 9.15 Å². The summed E-state index contributed by atoms with van der Waals surface area (Å²) in [6.07, 6.45) is 0. The summed E-state index contributed by atoms with van der Waals surface area (Å²) in [5, 5.41) is 7.31. The number of nitrogens with zero attached hydrogens (tertiary/aromatic N) is 2. The second-order valence-electron chi connectivity index (χ2n) is 6.33. The molecule has 1 aliphatic rings. The highest BCUT2D eigenvalue weighted by Crippen LogP contribution is 2.24. The van der Waals surface area contributed by atoms with Crippen LogP contribution in [0.2, 0.25) is 0 Å². The molecule has 3 rings (SSSR count). The summed E-state index contributed by atoms with van der Waals surface area (Å²) in [7, 11) is -1.64. The number of furan rings is 1. The van der Waals surface area contributed by atoms with Crippen molar-refractivity contribution in [3.63, 3.8) is 0 Å². The number of hydrogen-bond acceptors (Lipinski definition) is 5. The number of nitrogens with one attached hydrogen (secondary N) is 2. The van der Waals surface area contributed by atoms with Gasteiger partial charge in [0.2, 0.25) is 10.0 Å². The fourth-order valence-electron chi connectivity index (χ4n) is 3.03. The molecule has 0 amide bonds. The van der Waals surface area contributed by atoms with E-state index >= 15 is 0 Å². The largest absolute Gasteiger partial charge is 0.459 e. The molecule has 0 bridgehead atoms. The molecular formula is C18H26N4O4S. The van der Waals surface area contributed by atoms with Crippen molar-refractivity contribution < 1.29 is 17.6 Å². The molecule has 0 spiro atoms. The van der Waals surface area contributed by atoms with Crippen molar-refractivity contribution in [2.75, 3.05) is 45.6 Å². The minimum Gasteiger partial charge on any atom is -0.459 e. The molecule has 2 N–H and O–H groups in total. The zero-order valence-electron chi connectivity index (χ0n) is 15.7. The molecule has 0 unspecified atom stereocenters. The molecule has 2 heterocycles. The first kappa shape index (κ1) is 19.7. The first-order chi connectivity index (χ1) is 13.0. The van der Waals surface area contributed by atoms with Crippen LogP contribution in [0.1, 0.15) is 11.3 Å². The number of morpholine rings is 1. The Morgan fingerprint density at radius 2 is 1.96 bits per heavy atom. The van der Waals surface area contributed by atoms with Gasteiger partial charge in [-0.1, -0.05) is 18.2 Å². The van der Waals surface area contributed by atoms with E-state index in [-0.39, 0.29) is 12.3 Å². The van der Waals surface area contributed by atoms with Crippen LogP contribution in [0, 0.1) is 6.92 Å². The lowest BCUT2D eigenvalue weighted by molar-refractivity contribution is 0.0730. The molecule has 1 fully saturated rings. The zero-order chi connectivity index (χ0) is 19.3. The minimum absolute atomic E-state index is 0.0113. The Hall–Kier alpha value is -2.10. The number of guanidine groups is 1. The van der Waals surface area contributed by atoms with Crippen LogP contribution in [-0.2, 0) is 21.3 Å². The predicted octanol–water partition coefficient (Wildman–Crippen LogP) is 1.07. The molecule has 0 aliphatic carbocycles. The van der Waals surface area contributed by atoms with Crippen LogP contribution in [0.4, 0.5) is 0 Å². The molecule has 0 radical (unpaired) electrons. The van der Waals surface area contributed by atoms with Gasteiger partial charge in [0.25, 0.3) is 0 Å². The topological polar surface area (TPSA) is 96.2 Å². The van der Waals surface area contributed by atoms with E-state index in [0.29, 0.717) is 38.8 Å². The van der Waals surface area contributed by atoms with Gasteiger partial charge in [0.1, 0.15) is 11.3 Å². The molecule has 8 nitrogen and oxygen atoms in total. The van der Waals surface area contributed by atoms with Gasteiger partial charge in [-0.15, -0.1) is 0 Å². The van der Waals surface area contributed by atoms with E-state index < -0.39 is 10.0 Å². The summed E-state index contributed by atoms with van der Waals surface area (Å²) in [6, 6.07) is 7.89. The third-order valence-electron chi connectivity index (χ3n) is 4.60. The molecular weight excluding hydrogens is 368 g/mol. The molecule has 2 aromatic rings. The van der Waals surface area contributed by atoms with Crippen LogP contribution < -0.4 is 10.6 Å². The van der Waals surface area contributed by atoms with Crippen LogP contribution in [-0.4, -0.2) is 64.3 Å². The minimum atomic E-state index is -3.29. The van der Waals surface area contributed by atoms with Crippen molar-refractivity contribution in [2.45, 2.75) is 13.5 Å². The molecule has 1 aromatic heterocycles. The number of aliphatic imine (C=N–C) groups is 1. The van der Waals surface area contributed by atoms with E-state index in [2.05, 4.69) is 15.6 Å². The van der Waals surface area contributed by atoms with Gasteiger partial charge < -0.3 is 19.8 Å². The average molecular weight is 394 g/mol. The Labute approximate surface area is 159 Å². The fraction of sp³-hybridized carbons (Fsp3) is 0.500. The maximum Gasteiger partial charge on any atom is 0.215 e. The zero-order valence-corrected chi connectivity index (χ0v) is 16.5. The van der Waals surface area contributed by atoms with Gasteiger partial charge in [0.05, 0.1) is 25.5 Å². The summed E-state index contributed by atoms with van der Waals surface area (Å²) < 4.78 is 37.2. The predicted molar refractivity (Wildman–Crippen MR) is 105 cm³/mol. The number of benzene rings is 1. The highest BCUT2D eigenvalue weighted by molar-refractivity contribution is 7.89. The number of rotatable bonds is 6. The van der Waals surface area contributed by atoms with Gasteiger partial charge in [0, 0.05) is 37.6 Å². The summed E-state index contributed by atoms with van der Waals surface area (Å²) in [6.45, 7) is 4.50. The molecule has 0 atom stereocenters. The SMILES string of the molecule is CN=C(NCCS(=O)(=O)N1CCOCC1)NCc1oc2ccccc2c1C. The first-order valence-corrected chi connectivity index (χ1v) is 10.6. The van der Waals surface area contributed by atoms with E-state index in [1.807, 2.05) is 31.2 Å². The summed E-state index contributed by atoms with van der Waals surface area (Å²) in [5.74, 6) is 1.38. The maximum absolute atomic E-state index is 12.3. The molecule has 27 heavy (non-hydrogen) atoms. The highest BCUT2D eigenvalue weighted by Gasteiger charge is 2.23. The van der Waals surface area contributed by atoms with Crippen molar-refractivity contribution in [3.05, 3.63) is 35.6 Å². The Balaban J connectivity index is 1.51. The quantitative estimate of drug-likeness (QED) is 0.562. The molecule has 1 aliphatic heterocycles. The number of hydrogen-bond donors (Lipinski definition) is 2. The van der Waals surface area contributed by atoms with Gasteiger partial charge in [0.15, 0.2) is 5.96 Å². The van der Waals surface area contributed by atoms with E-state index in [1.165, 1.54) is 4.31 Å². The Bertz CT molecular complexity index is 901. The number of para-hydroxylation sites is 1. The lowest BCUT2D eigenvalue weighted by atomic mass is 10.1. The van der Waals surface area contributed by atoms with Crippen molar-refractivity contribution in [3.8, 4) is 0 Å². The third kappa shape index (κ3) is 4.79. The van der Waals surface area contributed by atoms with Crippen molar-refractivity contribution in [1.29, 1.82) is 0 Å². The van der Waals surface area contributed by atoms with Gasteiger partial charge in [-0.2, -0.15) is 4.31 Å². The Kier molecular flexibility index (Phi) is 6.35. The van der Waals surface area contributed by atoms with Gasteiger partial charge in [-0.25, -0.2) is 8.42 Å². The van der Waals surface area contributed by atoms with Crippen molar-refractivity contribution in [2.24, 2.45) is 4.99 Å². The summed E-state index contributed by atoms with van der Waals surface area (Å²) in [5.41, 5.74) is 1.94. The Morgan fingerprint density at radius 1 is 1.22 bits per heavy atom. The molecule has 1 saturated heterocycles. The normalized spacial score (nSPS) is 16.6. The molecule has 0 saturated carbocycles. The average Bonchev–Trinajstić information content (AvgIpc) is 3.01. The van der Waals surface area contributed by atoms with Crippen LogP contribution in [0.3, 0.4) is 0 Å². The van der Waals surface area contributed by atoms with Crippen molar-refractivity contribution in [1.82, 2.24) is 14.9 Å². The first-order valence-electron chi connectivity index (χ1n) is 8.98. The maximum atomic E-state index is 12.3. The smallest absolute Gasteiger partial charge is 0.215 e. The standard InChI is InChI=1S/C18H26N4O4S/c1-14-15-5-3-4-6-16(15)26-17(14)13-21-18(19-2)20-7-12-27(23,24)22-8-10-25-11-9-22/h3-6H,7-13H2,1-2H3,(H2,19,20,21). The highest BCUT2D eigenvalue weighted by atomic mass is 32.2. The molecule has 9 heteroatoms. The number of aryl methyl sites for hydroxylation is 1. The number of fused-ring (bicyclic) bond motifs is 1.